The zero-order chi connectivity index (χ0) is 21.6. The van der Waals surface area contributed by atoms with Crippen molar-refractivity contribution < 1.29 is 9.53 Å². The second-order valence-corrected chi connectivity index (χ2v) is 7.44. The van der Waals surface area contributed by atoms with E-state index in [1.54, 1.807) is 35.6 Å². The first-order valence-corrected chi connectivity index (χ1v) is 10.6. The molecule has 4 heterocycles. The predicted octanol–water partition coefficient (Wildman–Crippen LogP) is 3.11. The molecule has 0 aliphatic carbocycles. The molecule has 0 aromatic carbocycles. The van der Waals surface area contributed by atoms with Crippen LogP contribution >= 0.6 is 0 Å². The number of anilines is 1. The van der Waals surface area contributed by atoms with Gasteiger partial charge in [0, 0.05) is 38.6 Å². The van der Waals surface area contributed by atoms with Crippen molar-refractivity contribution in [2.24, 2.45) is 0 Å². The number of imidazole rings is 1. The largest absolute Gasteiger partial charge is 0.449 e. The van der Waals surface area contributed by atoms with Crippen LogP contribution in [0, 0.1) is 11.3 Å². The molecule has 3 aromatic heterocycles. The zero-order valence-electron chi connectivity index (χ0n) is 17.6. The second kappa shape index (κ2) is 9.43. The van der Waals surface area contributed by atoms with Gasteiger partial charge in [-0.25, -0.2) is 19.7 Å². The summed E-state index contributed by atoms with van der Waals surface area (Å²) in [5.41, 5.74) is 2.00. The maximum Gasteiger partial charge on any atom is 0.409 e. The molecular weight excluding hydrogens is 394 g/mol. The summed E-state index contributed by atoms with van der Waals surface area (Å²) in [4.78, 5) is 29.8. The van der Waals surface area contributed by atoms with Gasteiger partial charge in [0.15, 0.2) is 5.82 Å². The van der Waals surface area contributed by atoms with Crippen molar-refractivity contribution in [2.75, 3.05) is 37.7 Å². The molecule has 0 atom stereocenters. The van der Waals surface area contributed by atoms with Gasteiger partial charge in [0.05, 0.1) is 18.4 Å². The van der Waals surface area contributed by atoms with Gasteiger partial charge in [-0.3, -0.25) is 4.40 Å². The maximum absolute atomic E-state index is 12.3. The molecule has 0 N–H and O–H groups in total. The van der Waals surface area contributed by atoms with Crippen molar-refractivity contribution >= 4 is 17.6 Å². The van der Waals surface area contributed by atoms with Crippen molar-refractivity contribution in [3.05, 3.63) is 42.4 Å². The SMILES string of the molecule is CCCCOC(=O)N1CCCN(c2ccnc(-c3cnc4ccc(C#N)cn34)n2)CC1. The summed E-state index contributed by atoms with van der Waals surface area (Å²) >= 11 is 0. The standard InChI is InChI=1S/C22H25N7O2/c1-2-3-13-31-22(30)28-10-4-9-27(11-12-28)20-7-8-24-21(26-20)18-15-25-19-6-5-17(14-23)16-29(18)19/h5-8,15-16H,2-4,9-13H2,1H3. The van der Waals surface area contributed by atoms with Gasteiger partial charge in [-0.1, -0.05) is 13.3 Å². The Bertz CT molecular complexity index is 1100. The molecule has 9 heteroatoms. The summed E-state index contributed by atoms with van der Waals surface area (Å²) in [6, 6.07) is 7.56. The lowest BCUT2D eigenvalue weighted by molar-refractivity contribution is 0.103. The molecule has 31 heavy (non-hydrogen) atoms. The van der Waals surface area contributed by atoms with Crippen LogP contribution in [-0.2, 0) is 4.74 Å². The Morgan fingerprint density at radius 2 is 2.10 bits per heavy atom. The Balaban J connectivity index is 1.50. The molecule has 0 bridgehead atoms. The van der Waals surface area contributed by atoms with E-state index < -0.39 is 0 Å². The van der Waals surface area contributed by atoms with Gasteiger partial charge in [-0.05, 0) is 31.0 Å². The molecule has 9 nitrogen and oxygen atoms in total. The molecule has 1 saturated heterocycles. The van der Waals surface area contributed by atoms with Crippen LogP contribution in [0.4, 0.5) is 10.6 Å². The van der Waals surface area contributed by atoms with Crippen LogP contribution in [0.25, 0.3) is 17.2 Å². The molecule has 0 spiro atoms. The molecular formula is C22H25N7O2. The molecule has 0 saturated carbocycles. The molecule has 160 valence electrons. The minimum atomic E-state index is -0.238. The fourth-order valence-corrected chi connectivity index (χ4v) is 3.59. The third-order valence-electron chi connectivity index (χ3n) is 5.31. The lowest BCUT2D eigenvalue weighted by Gasteiger charge is -2.22. The van der Waals surface area contributed by atoms with E-state index in [4.69, 9.17) is 9.72 Å². The zero-order valence-corrected chi connectivity index (χ0v) is 17.6. The Kier molecular flexibility index (Phi) is 6.26. The minimum Gasteiger partial charge on any atom is -0.449 e. The average Bonchev–Trinajstić information content (AvgIpc) is 3.06. The van der Waals surface area contributed by atoms with Gasteiger partial charge in [-0.15, -0.1) is 0 Å². The molecule has 1 fully saturated rings. The quantitative estimate of drug-likeness (QED) is 0.586. The van der Waals surface area contributed by atoms with Crippen LogP contribution in [0.2, 0.25) is 0 Å². The van der Waals surface area contributed by atoms with Crippen molar-refractivity contribution in [1.29, 1.82) is 5.26 Å². The molecule has 1 amide bonds. The predicted molar refractivity (Wildman–Crippen MR) is 116 cm³/mol. The molecule has 0 radical (unpaired) electrons. The number of nitriles is 1. The average molecular weight is 419 g/mol. The number of unbranched alkanes of at least 4 members (excludes halogenated alkanes) is 1. The van der Waals surface area contributed by atoms with Crippen LogP contribution in [-0.4, -0.2) is 63.1 Å². The summed E-state index contributed by atoms with van der Waals surface area (Å²) in [6.45, 7) is 5.27. The Morgan fingerprint density at radius 1 is 1.19 bits per heavy atom. The molecule has 1 aliphatic rings. The van der Waals surface area contributed by atoms with E-state index in [0.29, 0.717) is 37.6 Å². The first-order chi connectivity index (χ1) is 15.2. The number of ether oxygens (including phenoxy) is 1. The van der Waals surface area contributed by atoms with Crippen molar-refractivity contribution in [2.45, 2.75) is 26.2 Å². The molecule has 3 aromatic rings. The number of fused-ring (bicyclic) bond motifs is 1. The summed E-state index contributed by atoms with van der Waals surface area (Å²) < 4.78 is 7.18. The number of hydrogen-bond donors (Lipinski definition) is 0. The van der Waals surface area contributed by atoms with Crippen molar-refractivity contribution in [1.82, 2.24) is 24.3 Å². The smallest absolute Gasteiger partial charge is 0.409 e. The van der Waals surface area contributed by atoms with Gasteiger partial charge in [0.1, 0.15) is 23.2 Å². The molecule has 1 aliphatic heterocycles. The van der Waals surface area contributed by atoms with E-state index in [1.807, 2.05) is 10.5 Å². The summed E-state index contributed by atoms with van der Waals surface area (Å²) in [5.74, 6) is 1.35. The number of carbonyl (C=O) groups excluding carboxylic acids is 1. The number of pyridine rings is 1. The maximum atomic E-state index is 12.3. The van der Waals surface area contributed by atoms with E-state index in [2.05, 4.69) is 27.9 Å². The third-order valence-corrected chi connectivity index (χ3v) is 5.31. The summed E-state index contributed by atoms with van der Waals surface area (Å²) in [7, 11) is 0. The third kappa shape index (κ3) is 4.58. The topological polar surface area (TPSA) is 99.6 Å². The van der Waals surface area contributed by atoms with E-state index in [9.17, 15) is 10.1 Å². The lowest BCUT2D eigenvalue weighted by Crippen LogP contribution is -2.36. The fraction of sp³-hybridized carbons (Fsp3) is 0.409. The highest BCUT2D eigenvalue weighted by Gasteiger charge is 2.21. The summed E-state index contributed by atoms with van der Waals surface area (Å²) in [6.07, 6.45) is 7.66. The van der Waals surface area contributed by atoms with Crippen molar-refractivity contribution in [3.8, 4) is 17.6 Å². The van der Waals surface area contributed by atoms with E-state index in [1.165, 1.54) is 0 Å². The van der Waals surface area contributed by atoms with Gasteiger partial charge < -0.3 is 14.5 Å². The molecule has 0 unspecified atom stereocenters. The van der Waals surface area contributed by atoms with Crippen LogP contribution in [0.3, 0.4) is 0 Å². The Hall–Kier alpha value is -3.67. The number of aromatic nitrogens is 4. The highest BCUT2D eigenvalue weighted by Crippen LogP contribution is 2.21. The highest BCUT2D eigenvalue weighted by molar-refractivity contribution is 5.67. The van der Waals surface area contributed by atoms with Crippen LogP contribution in [0.1, 0.15) is 31.7 Å². The normalized spacial score (nSPS) is 14.3. The Morgan fingerprint density at radius 3 is 2.94 bits per heavy atom. The van der Waals surface area contributed by atoms with E-state index in [0.717, 1.165) is 43.0 Å². The lowest BCUT2D eigenvalue weighted by atomic mass is 10.3. The first kappa shape index (κ1) is 20.6. The number of rotatable bonds is 5. The van der Waals surface area contributed by atoms with Gasteiger partial charge in [0.25, 0.3) is 0 Å². The van der Waals surface area contributed by atoms with Crippen LogP contribution < -0.4 is 4.90 Å². The van der Waals surface area contributed by atoms with Crippen molar-refractivity contribution in [3.63, 3.8) is 0 Å². The van der Waals surface area contributed by atoms with E-state index >= 15 is 0 Å². The number of amides is 1. The number of carbonyl (C=O) groups is 1. The van der Waals surface area contributed by atoms with Crippen LogP contribution in [0.15, 0.2) is 36.8 Å². The first-order valence-electron chi connectivity index (χ1n) is 10.6. The number of hydrogen-bond acceptors (Lipinski definition) is 7. The molecule has 4 rings (SSSR count). The van der Waals surface area contributed by atoms with E-state index in [-0.39, 0.29) is 6.09 Å². The summed E-state index contributed by atoms with van der Waals surface area (Å²) in [5, 5.41) is 9.20. The second-order valence-electron chi connectivity index (χ2n) is 7.44. The van der Waals surface area contributed by atoms with Gasteiger partial charge in [-0.2, -0.15) is 5.26 Å². The Labute approximate surface area is 180 Å². The monoisotopic (exact) mass is 419 g/mol. The van der Waals surface area contributed by atoms with Gasteiger partial charge >= 0.3 is 6.09 Å². The highest BCUT2D eigenvalue weighted by atomic mass is 16.6. The minimum absolute atomic E-state index is 0.238. The fourth-order valence-electron chi connectivity index (χ4n) is 3.59. The van der Waals surface area contributed by atoms with Crippen LogP contribution in [0.5, 0.6) is 0 Å². The number of nitrogens with zero attached hydrogens (tertiary/aromatic N) is 7. The van der Waals surface area contributed by atoms with Gasteiger partial charge in [0.2, 0.25) is 0 Å².